The van der Waals surface area contributed by atoms with Gasteiger partial charge in [0.2, 0.25) is 0 Å². The van der Waals surface area contributed by atoms with Crippen LogP contribution in [-0.2, 0) is 4.79 Å². The Bertz CT molecular complexity index is 356. The van der Waals surface area contributed by atoms with Crippen LogP contribution in [0.1, 0.15) is 39.5 Å². The smallest absolute Gasteiger partial charge is 0.311 e. The molecule has 0 amide bonds. The molecule has 0 aromatic heterocycles. The molecule has 1 spiro atoms. The van der Waals surface area contributed by atoms with Crippen LogP contribution >= 0.6 is 0 Å². The van der Waals surface area contributed by atoms with Crippen LogP contribution < -0.4 is 0 Å². The molecule has 0 heterocycles. The van der Waals surface area contributed by atoms with Gasteiger partial charge in [0.25, 0.3) is 0 Å². The van der Waals surface area contributed by atoms with E-state index in [4.69, 9.17) is 0 Å². The molecule has 2 aliphatic carbocycles. The molecular weight excluding hydrogens is 200 g/mol. The lowest BCUT2D eigenvalue weighted by atomic mass is 9.57. The molecule has 0 aromatic rings. The molecule has 1 fully saturated rings. The minimum atomic E-state index is -0.679. The Kier molecular flexibility index (Phi) is 2.69. The van der Waals surface area contributed by atoms with Gasteiger partial charge >= 0.3 is 5.97 Å². The van der Waals surface area contributed by atoms with Crippen molar-refractivity contribution in [3.63, 3.8) is 0 Å². The molecule has 0 radical (unpaired) electrons. The highest BCUT2D eigenvalue weighted by Crippen LogP contribution is 2.60. The number of carbonyl (C=O) groups is 1. The van der Waals surface area contributed by atoms with Gasteiger partial charge in [-0.3, -0.25) is 4.79 Å². The molecule has 0 saturated heterocycles. The zero-order valence-electron chi connectivity index (χ0n) is 10.1. The summed E-state index contributed by atoms with van der Waals surface area (Å²) in [5.41, 5.74) is -0.0142. The van der Waals surface area contributed by atoms with Gasteiger partial charge in [-0.15, -0.1) is 0 Å². The Morgan fingerprint density at radius 2 is 2.19 bits per heavy atom. The lowest BCUT2D eigenvalue weighted by molar-refractivity contribution is -0.145. The fourth-order valence-corrected chi connectivity index (χ4v) is 3.61. The van der Waals surface area contributed by atoms with Crippen molar-refractivity contribution in [2.24, 2.45) is 16.7 Å². The number of carboxylic acids is 1. The number of hydrogen-bond donors (Lipinski definition) is 1. The maximum Gasteiger partial charge on any atom is 0.311 e. The molecule has 2 aliphatic rings. The fourth-order valence-electron chi connectivity index (χ4n) is 3.61. The van der Waals surface area contributed by atoms with Gasteiger partial charge in [0.15, 0.2) is 0 Å². The second-order valence-electron chi connectivity index (χ2n) is 5.37. The summed E-state index contributed by atoms with van der Waals surface area (Å²) in [6.07, 6.45) is 12.3. The van der Waals surface area contributed by atoms with Crippen molar-refractivity contribution in [1.82, 2.24) is 0 Å². The predicted octanol–water partition coefficient (Wildman–Crippen LogP) is 3.40. The van der Waals surface area contributed by atoms with E-state index in [0.717, 1.165) is 25.7 Å². The standard InChI is InChI=1S/C14H20O2/c1-3-13(2)8-6-10-14(13)9-5-4-7-11(14)12(15)16/h4-5,7,9,11H,3,6,8,10H2,1-2H3,(H,15,16). The summed E-state index contributed by atoms with van der Waals surface area (Å²) in [7, 11) is 0. The van der Waals surface area contributed by atoms with E-state index in [2.05, 4.69) is 19.9 Å². The van der Waals surface area contributed by atoms with Gasteiger partial charge in [-0.25, -0.2) is 0 Å². The third-order valence-corrected chi connectivity index (χ3v) is 4.85. The molecular formula is C14H20O2. The highest BCUT2D eigenvalue weighted by molar-refractivity contribution is 5.74. The van der Waals surface area contributed by atoms with E-state index in [1.165, 1.54) is 0 Å². The summed E-state index contributed by atoms with van der Waals surface area (Å²) in [6.45, 7) is 4.43. The van der Waals surface area contributed by atoms with Crippen molar-refractivity contribution >= 4 is 5.97 Å². The zero-order chi connectivity index (χ0) is 11.8. The van der Waals surface area contributed by atoms with Gasteiger partial charge in [-0.2, -0.15) is 0 Å². The van der Waals surface area contributed by atoms with Crippen LogP contribution in [0.2, 0.25) is 0 Å². The fraction of sp³-hybridized carbons (Fsp3) is 0.643. The minimum Gasteiger partial charge on any atom is -0.481 e. The van der Waals surface area contributed by atoms with Crippen LogP contribution in [0.15, 0.2) is 24.3 Å². The van der Waals surface area contributed by atoms with Crippen LogP contribution in [0, 0.1) is 16.7 Å². The van der Waals surface area contributed by atoms with E-state index < -0.39 is 5.97 Å². The zero-order valence-corrected chi connectivity index (χ0v) is 10.1. The van der Waals surface area contributed by atoms with Crippen molar-refractivity contribution in [1.29, 1.82) is 0 Å². The summed E-state index contributed by atoms with van der Waals surface area (Å²) in [6, 6.07) is 0. The monoisotopic (exact) mass is 220 g/mol. The van der Waals surface area contributed by atoms with Crippen LogP contribution in [0.25, 0.3) is 0 Å². The average molecular weight is 220 g/mol. The maximum atomic E-state index is 11.4. The second-order valence-corrected chi connectivity index (χ2v) is 5.37. The van der Waals surface area contributed by atoms with E-state index in [9.17, 15) is 9.90 Å². The van der Waals surface area contributed by atoms with Crippen molar-refractivity contribution in [2.75, 3.05) is 0 Å². The molecule has 2 rings (SSSR count). The van der Waals surface area contributed by atoms with Gasteiger partial charge in [-0.05, 0) is 24.7 Å². The molecule has 88 valence electrons. The van der Waals surface area contributed by atoms with Gasteiger partial charge in [-0.1, -0.05) is 44.6 Å². The Balaban J connectivity index is 2.45. The first-order valence-corrected chi connectivity index (χ1v) is 6.14. The molecule has 16 heavy (non-hydrogen) atoms. The first-order valence-electron chi connectivity index (χ1n) is 6.14. The normalized spacial score (nSPS) is 41.8. The Morgan fingerprint density at radius 3 is 2.81 bits per heavy atom. The highest BCUT2D eigenvalue weighted by Gasteiger charge is 2.55. The van der Waals surface area contributed by atoms with Gasteiger partial charge in [0.1, 0.15) is 0 Å². The summed E-state index contributed by atoms with van der Waals surface area (Å²) in [5, 5.41) is 9.41. The largest absolute Gasteiger partial charge is 0.481 e. The minimum absolute atomic E-state index is 0.136. The van der Waals surface area contributed by atoms with E-state index in [1.54, 1.807) is 0 Å². The van der Waals surface area contributed by atoms with Crippen LogP contribution in [0.3, 0.4) is 0 Å². The third-order valence-electron chi connectivity index (χ3n) is 4.85. The van der Waals surface area contributed by atoms with Crippen LogP contribution in [0.5, 0.6) is 0 Å². The quantitative estimate of drug-likeness (QED) is 0.774. The maximum absolute atomic E-state index is 11.4. The first kappa shape index (κ1) is 11.4. The number of hydrogen-bond acceptors (Lipinski definition) is 1. The predicted molar refractivity (Wildman–Crippen MR) is 64.1 cm³/mol. The Morgan fingerprint density at radius 1 is 1.44 bits per heavy atom. The molecule has 3 atom stereocenters. The summed E-state index contributed by atoms with van der Waals surface area (Å²) < 4.78 is 0. The van der Waals surface area contributed by atoms with Crippen LogP contribution in [0.4, 0.5) is 0 Å². The average Bonchev–Trinajstić information content (AvgIpc) is 2.58. The van der Waals surface area contributed by atoms with E-state index in [-0.39, 0.29) is 16.7 Å². The topological polar surface area (TPSA) is 37.3 Å². The summed E-state index contributed by atoms with van der Waals surface area (Å²) >= 11 is 0. The van der Waals surface area contributed by atoms with Crippen molar-refractivity contribution in [3.8, 4) is 0 Å². The molecule has 0 aromatic carbocycles. The van der Waals surface area contributed by atoms with Crippen molar-refractivity contribution in [3.05, 3.63) is 24.3 Å². The molecule has 1 saturated carbocycles. The third kappa shape index (κ3) is 1.35. The van der Waals surface area contributed by atoms with Crippen LogP contribution in [-0.4, -0.2) is 11.1 Å². The number of rotatable bonds is 2. The van der Waals surface area contributed by atoms with Crippen molar-refractivity contribution < 1.29 is 9.90 Å². The van der Waals surface area contributed by atoms with Gasteiger partial charge in [0, 0.05) is 5.41 Å². The second kappa shape index (κ2) is 3.76. The Labute approximate surface area is 97.0 Å². The van der Waals surface area contributed by atoms with Crippen molar-refractivity contribution in [2.45, 2.75) is 39.5 Å². The van der Waals surface area contributed by atoms with E-state index in [0.29, 0.717) is 0 Å². The summed E-state index contributed by atoms with van der Waals surface area (Å²) in [5.74, 6) is -1.02. The highest BCUT2D eigenvalue weighted by atomic mass is 16.4. The molecule has 2 heteroatoms. The van der Waals surface area contributed by atoms with E-state index >= 15 is 0 Å². The molecule has 1 N–H and O–H groups in total. The number of aliphatic carboxylic acids is 1. The molecule has 3 unspecified atom stereocenters. The first-order chi connectivity index (χ1) is 7.56. The lowest BCUT2D eigenvalue weighted by Crippen LogP contribution is -2.43. The Hall–Kier alpha value is -1.05. The number of allylic oxidation sites excluding steroid dienone is 3. The van der Waals surface area contributed by atoms with Gasteiger partial charge in [0.05, 0.1) is 5.92 Å². The number of carboxylic acid groups (broad SMARTS) is 1. The molecule has 0 aliphatic heterocycles. The summed E-state index contributed by atoms with van der Waals surface area (Å²) in [4.78, 5) is 11.4. The van der Waals surface area contributed by atoms with Gasteiger partial charge < -0.3 is 5.11 Å². The molecule has 0 bridgehead atoms. The lowest BCUT2D eigenvalue weighted by Gasteiger charge is -2.45. The SMILES string of the molecule is CCC1(C)CCCC12C=CC=CC2C(=O)O. The molecule has 2 nitrogen and oxygen atoms in total. The van der Waals surface area contributed by atoms with E-state index in [1.807, 2.05) is 18.2 Å².